The quantitative estimate of drug-likeness (QED) is 0.552. The van der Waals surface area contributed by atoms with Crippen LogP contribution >= 0.6 is 0 Å². The summed E-state index contributed by atoms with van der Waals surface area (Å²) >= 11 is 0. The van der Waals surface area contributed by atoms with Gasteiger partial charge in [0.25, 0.3) is 0 Å². The van der Waals surface area contributed by atoms with Crippen molar-refractivity contribution in [1.29, 1.82) is 0 Å². The number of aryl methyl sites for hydroxylation is 1. The van der Waals surface area contributed by atoms with Crippen LogP contribution in [0.2, 0.25) is 0 Å². The smallest absolute Gasteiger partial charge is 0.0981 e. The Hall–Kier alpha value is -1.90. The van der Waals surface area contributed by atoms with Crippen molar-refractivity contribution >= 4 is 16.5 Å². The molecule has 0 atom stereocenters. The molecule has 0 spiro atoms. The highest BCUT2D eigenvalue weighted by Gasteiger charge is 2.02. The summed E-state index contributed by atoms with van der Waals surface area (Å²) in [5.41, 5.74) is 2.09. The molecule has 0 aliphatic heterocycles. The zero-order valence-electron chi connectivity index (χ0n) is 9.81. The van der Waals surface area contributed by atoms with Crippen LogP contribution in [0, 0.1) is 6.92 Å². The van der Waals surface area contributed by atoms with Crippen LogP contribution in [0.3, 0.4) is 0 Å². The number of rotatable bonds is 2. The molecule has 16 heavy (non-hydrogen) atoms. The second-order valence-corrected chi connectivity index (χ2v) is 3.99. The molecule has 0 unspecified atom stereocenters. The van der Waals surface area contributed by atoms with Crippen LogP contribution in [0.4, 0.5) is 5.69 Å². The molecule has 0 radical (unpaired) electrons. The van der Waals surface area contributed by atoms with Crippen LogP contribution in [0.5, 0.6) is 0 Å². The summed E-state index contributed by atoms with van der Waals surface area (Å²) in [6, 6.07) is 12.4. The summed E-state index contributed by atoms with van der Waals surface area (Å²) in [6.45, 7) is 2.05. The molecular weight excluding hydrogens is 198 g/mol. The van der Waals surface area contributed by atoms with E-state index in [1.54, 1.807) is 5.01 Å². The van der Waals surface area contributed by atoms with E-state index >= 15 is 0 Å². The minimum absolute atomic E-state index is 0.951. The van der Waals surface area contributed by atoms with Gasteiger partial charge in [-0.3, -0.25) is 5.01 Å². The maximum atomic E-state index is 4.28. The van der Waals surface area contributed by atoms with E-state index in [4.69, 9.17) is 0 Å². The van der Waals surface area contributed by atoms with E-state index in [9.17, 15) is 0 Å². The highest BCUT2D eigenvalue weighted by Crippen LogP contribution is 2.29. The average molecular weight is 213 g/mol. The Morgan fingerprint density at radius 1 is 1.00 bits per heavy atom. The van der Waals surface area contributed by atoms with E-state index in [0.717, 1.165) is 16.6 Å². The Kier molecular flexibility index (Phi) is 2.86. The Morgan fingerprint density at radius 3 is 2.50 bits per heavy atom. The molecule has 82 valence electrons. The molecule has 0 bridgehead atoms. The first-order valence-corrected chi connectivity index (χ1v) is 5.26. The molecule has 2 rings (SSSR count). The van der Waals surface area contributed by atoms with Gasteiger partial charge in [-0.1, -0.05) is 41.6 Å². The monoisotopic (exact) mass is 213 g/mol. The second kappa shape index (κ2) is 4.31. The van der Waals surface area contributed by atoms with Gasteiger partial charge in [-0.2, -0.15) is 0 Å². The summed E-state index contributed by atoms with van der Waals surface area (Å²) in [4.78, 5) is 0. The van der Waals surface area contributed by atoms with Crippen molar-refractivity contribution in [3.8, 4) is 0 Å². The third kappa shape index (κ3) is 2.03. The highest BCUT2D eigenvalue weighted by atomic mass is 15.5. The molecule has 0 N–H and O–H groups in total. The van der Waals surface area contributed by atoms with Crippen LogP contribution in [0.25, 0.3) is 10.8 Å². The maximum Gasteiger partial charge on any atom is 0.0981 e. The fourth-order valence-electron chi connectivity index (χ4n) is 1.63. The lowest BCUT2D eigenvalue weighted by atomic mass is 10.1. The molecule has 0 aromatic heterocycles. The van der Waals surface area contributed by atoms with Gasteiger partial charge in [0.1, 0.15) is 0 Å². The highest BCUT2D eigenvalue weighted by molar-refractivity contribution is 5.93. The number of hydrogen-bond acceptors (Lipinski definition) is 2. The third-order valence-electron chi connectivity index (χ3n) is 2.43. The zero-order chi connectivity index (χ0) is 11.5. The standard InChI is InChI=1S/C13H15N3/c1-10-8-9-11-6-4-5-7-12(11)13(10)14-15-16(2)3/h4-9H,1-3H3. The van der Waals surface area contributed by atoms with Gasteiger partial charge in [0, 0.05) is 19.5 Å². The van der Waals surface area contributed by atoms with E-state index in [0.29, 0.717) is 0 Å². The van der Waals surface area contributed by atoms with Gasteiger partial charge in [0.15, 0.2) is 0 Å². The molecule has 0 saturated heterocycles. The van der Waals surface area contributed by atoms with E-state index in [1.165, 1.54) is 5.39 Å². The summed E-state index contributed by atoms with van der Waals surface area (Å²) in [7, 11) is 3.73. The van der Waals surface area contributed by atoms with Crippen LogP contribution in [0.1, 0.15) is 5.56 Å². The fourth-order valence-corrected chi connectivity index (χ4v) is 1.63. The lowest BCUT2D eigenvalue weighted by Gasteiger charge is -2.06. The third-order valence-corrected chi connectivity index (χ3v) is 2.43. The van der Waals surface area contributed by atoms with Crippen LogP contribution in [-0.2, 0) is 0 Å². The van der Waals surface area contributed by atoms with Crippen molar-refractivity contribution in [3.63, 3.8) is 0 Å². The van der Waals surface area contributed by atoms with Crippen molar-refractivity contribution in [2.75, 3.05) is 14.1 Å². The second-order valence-electron chi connectivity index (χ2n) is 3.99. The molecule has 0 saturated carbocycles. The van der Waals surface area contributed by atoms with Crippen molar-refractivity contribution in [2.45, 2.75) is 6.92 Å². The minimum Gasteiger partial charge on any atom is -0.285 e. The zero-order valence-corrected chi connectivity index (χ0v) is 9.81. The maximum absolute atomic E-state index is 4.28. The summed E-state index contributed by atoms with van der Waals surface area (Å²) in [5.74, 6) is 0. The van der Waals surface area contributed by atoms with Crippen LogP contribution < -0.4 is 0 Å². The predicted molar refractivity (Wildman–Crippen MR) is 66.9 cm³/mol. The lowest BCUT2D eigenvalue weighted by molar-refractivity contribution is 0.408. The Bertz CT molecular complexity index is 530. The molecule has 2 aromatic carbocycles. The van der Waals surface area contributed by atoms with E-state index in [2.05, 4.69) is 41.5 Å². The molecule has 0 amide bonds. The first kappa shape index (κ1) is 10.6. The van der Waals surface area contributed by atoms with Crippen molar-refractivity contribution < 1.29 is 0 Å². The number of nitrogens with zero attached hydrogens (tertiary/aromatic N) is 3. The van der Waals surface area contributed by atoms with Gasteiger partial charge in [0.05, 0.1) is 5.69 Å². The SMILES string of the molecule is Cc1ccc2ccccc2c1N=NN(C)C. The molecule has 3 nitrogen and oxygen atoms in total. The fraction of sp³-hybridized carbons (Fsp3) is 0.231. The number of benzene rings is 2. The first-order chi connectivity index (χ1) is 7.68. The topological polar surface area (TPSA) is 28.0 Å². The van der Waals surface area contributed by atoms with Crippen LogP contribution in [0.15, 0.2) is 46.7 Å². The number of fused-ring (bicyclic) bond motifs is 1. The van der Waals surface area contributed by atoms with E-state index in [-0.39, 0.29) is 0 Å². The number of hydrogen-bond donors (Lipinski definition) is 0. The largest absolute Gasteiger partial charge is 0.285 e. The molecule has 0 aliphatic carbocycles. The van der Waals surface area contributed by atoms with Gasteiger partial charge in [-0.15, -0.1) is 5.11 Å². The molecule has 0 aliphatic rings. The van der Waals surface area contributed by atoms with Gasteiger partial charge in [-0.25, -0.2) is 0 Å². The predicted octanol–water partition coefficient (Wildman–Crippen LogP) is 3.71. The Labute approximate surface area is 95.4 Å². The minimum atomic E-state index is 0.951. The van der Waals surface area contributed by atoms with Gasteiger partial charge < -0.3 is 0 Å². The normalized spacial score (nSPS) is 11.2. The average Bonchev–Trinajstić information content (AvgIpc) is 2.27. The Balaban J connectivity index is 2.61. The molecule has 3 heteroatoms. The van der Waals surface area contributed by atoms with E-state index in [1.807, 2.05) is 26.2 Å². The first-order valence-electron chi connectivity index (χ1n) is 5.26. The van der Waals surface area contributed by atoms with Crippen molar-refractivity contribution in [3.05, 3.63) is 42.0 Å². The summed E-state index contributed by atoms with van der Waals surface area (Å²) < 4.78 is 0. The Morgan fingerprint density at radius 2 is 1.75 bits per heavy atom. The lowest BCUT2D eigenvalue weighted by Crippen LogP contribution is -1.99. The molecule has 2 aromatic rings. The van der Waals surface area contributed by atoms with Crippen molar-refractivity contribution in [2.24, 2.45) is 10.3 Å². The summed E-state index contributed by atoms with van der Waals surface area (Å²) in [6.07, 6.45) is 0. The van der Waals surface area contributed by atoms with Crippen molar-refractivity contribution in [1.82, 2.24) is 5.01 Å². The molecular formula is C13H15N3. The molecule has 0 fully saturated rings. The van der Waals surface area contributed by atoms with E-state index < -0.39 is 0 Å². The van der Waals surface area contributed by atoms with Gasteiger partial charge in [0.2, 0.25) is 0 Å². The van der Waals surface area contributed by atoms with Crippen LogP contribution in [-0.4, -0.2) is 19.1 Å². The van der Waals surface area contributed by atoms with Gasteiger partial charge in [-0.05, 0) is 17.9 Å². The molecule has 0 heterocycles. The van der Waals surface area contributed by atoms with Gasteiger partial charge >= 0.3 is 0 Å². The summed E-state index contributed by atoms with van der Waals surface area (Å²) in [5, 5.41) is 12.4.